The zero-order valence-electron chi connectivity index (χ0n) is 17.0. The largest absolute Gasteiger partial charge is 0.497 e. The van der Waals surface area contributed by atoms with Gasteiger partial charge in [0.1, 0.15) is 11.0 Å². The van der Waals surface area contributed by atoms with Crippen molar-refractivity contribution in [2.75, 3.05) is 19.0 Å². The molecule has 8 nitrogen and oxygen atoms in total. The van der Waals surface area contributed by atoms with E-state index in [1.54, 1.807) is 43.5 Å². The average Bonchev–Trinajstić information content (AvgIpc) is 3.03. The Kier molecular flexibility index (Phi) is 7.75. The minimum Gasteiger partial charge on any atom is -0.497 e. The molecule has 1 saturated heterocycles. The van der Waals surface area contributed by atoms with E-state index in [1.165, 1.54) is 23.1 Å². The molecule has 168 valence electrons. The van der Waals surface area contributed by atoms with Crippen LogP contribution in [0.2, 0.25) is 0 Å². The summed E-state index contributed by atoms with van der Waals surface area (Å²) < 4.78 is 35.1. The third-order valence-corrected chi connectivity index (χ3v) is 7.49. The standard InChI is InChI=1S/C21H20BrN3O5S2/c1-3-12-25-20(27)18(13-19(26)23-15-6-8-16(30-2)9-7-15)31-21(25)24-32(28,29)17-10-4-14(22)5-11-17/h3-11,18H,1,12-13H2,2H3,(H,23,26). The van der Waals surface area contributed by atoms with Crippen molar-refractivity contribution < 1.29 is 22.7 Å². The van der Waals surface area contributed by atoms with E-state index in [2.05, 4.69) is 32.2 Å². The van der Waals surface area contributed by atoms with Crippen LogP contribution in [-0.4, -0.2) is 49.2 Å². The van der Waals surface area contributed by atoms with Gasteiger partial charge in [-0.25, -0.2) is 0 Å². The van der Waals surface area contributed by atoms with Crippen LogP contribution in [0.5, 0.6) is 5.75 Å². The average molecular weight is 538 g/mol. The Hall–Kier alpha value is -2.63. The van der Waals surface area contributed by atoms with Gasteiger partial charge in [0.2, 0.25) is 11.8 Å². The molecule has 2 amide bonds. The molecule has 0 bridgehead atoms. The minimum absolute atomic E-state index is 0.000464. The second kappa shape index (κ2) is 10.3. The van der Waals surface area contributed by atoms with Crippen molar-refractivity contribution in [3.8, 4) is 5.75 Å². The number of benzene rings is 2. The van der Waals surface area contributed by atoms with E-state index in [9.17, 15) is 18.0 Å². The number of nitrogens with zero attached hydrogens (tertiary/aromatic N) is 2. The van der Waals surface area contributed by atoms with Crippen LogP contribution in [0.4, 0.5) is 5.69 Å². The van der Waals surface area contributed by atoms with Crippen LogP contribution < -0.4 is 10.1 Å². The van der Waals surface area contributed by atoms with Crippen molar-refractivity contribution in [3.05, 3.63) is 65.7 Å². The summed E-state index contributed by atoms with van der Waals surface area (Å²) in [5.74, 6) is -0.126. The second-order valence-corrected chi connectivity index (χ2v) is 10.3. The third kappa shape index (κ3) is 5.78. The lowest BCUT2D eigenvalue weighted by atomic mass is 10.2. The normalized spacial score (nSPS) is 17.4. The molecule has 0 saturated carbocycles. The lowest BCUT2D eigenvalue weighted by Crippen LogP contribution is -2.33. The molecular formula is C21H20BrN3O5S2. The highest BCUT2D eigenvalue weighted by atomic mass is 79.9. The number of anilines is 1. The van der Waals surface area contributed by atoms with Crippen LogP contribution in [0.3, 0.4) is 0 Å². The van der Waals surface area contributed by atoms with Crippen molar-refractivity contribution in [2.24, 2.45) is 4.40 Å². The summed E-state index contributed by atoms with van der Waals surface area (Å²) in [6.45, 7) is 3.69. The molecule has 1 aliphatic heterocycles. The van der Waals surface area contributed by atoms with E-state index < -0.39 is 21.2 Å². The lowest BCUT2D eigenvalue weighted by Gasteiger charge is -2.13. The summed E-state index contributed by atoms with van der Waals surface area (Å²) in [6.07, 6.45) is 1.33. The fourth-order valence-corrected chi connectivity index (χ4v) is 5.45. The topological polar surface area (TPSA) is 105 Å². The van der Waals surface area contributed by atoms with Crippen LogP contribution in [-0.2, 0) is 19.6 Å². The molecule has 2 aromatic carbocycles. The first-order valence-corrected chi connectivity index (χ1v) is 12.5. The molecule has 0 radical (unpaired) electrons. The van der Waals surface area contributed by atoms with Gasteiger partial charge < -0.3 is 10.1 Å². The number of thioether (sulfide) groups is 1. The van der Waals surface area contributed by atoms with Crippen molar-refractivity contribution in [3.63, 3.8) is 0 Å². The van der Waals surface area contributed by atoms with Gasteiger partial charge in [0, 0.05) is 23.1 Å². The number of ether oxygens (including phenoxy) is 1. The van der Waals surface area contributed by atoms with E-state index in [0.29, 0.717) is 11.4 Å². The Bertz CT molecular complexity index is 1150. The Morgan fingerprint density at radius 1 is 1.25 bits per heavy atom. The summed E-state index contributed by atoms with van der Waals surface area (Å²) >= 11 is 4.20. The van der Waals surface area contributed by atoms with Gasteiger partial charge in [-0.2, -0.15) is 8.42 Å². The molecule has 0 spiro atoms. The first kappa shape index (κ1) is 24.0. The number of amides is 2. The molecule has 3 rings (SSSR count). The highest BCUT2D eigenvalue weighted by Gasteiger charge is 2.39. The highest BCUT2D eigenvalue weighted by molar-refractivity contribution is 9.10. The fraction of sp³-hybridized carbons (Fsp3) is 0.190. The van der Waals surface area contributed by atoms with Crippen LogP contribution in [0.1, 0.15) is 6.42 Å². The summed E-state index contributed by atoms with van der Waals surface area (Å²) in [5.41, 5.74) is 0.556. The molecule has 1 unspecified atom stereocenters. The molecule has 1 aliphatic rings. The molecule has 11 heteroatoms. The Morgan fingerprint density at radius 3 is 2.50 bits per heavy atom. The molecule has 1 atom stereocenters. The van der Waals surface area contributed by atoms with Crippen LogP contribution >= 0.6 is 27.7 Å². The number of nitrogens with one attached hydrogen (secondary N) is 1. The first-order valence-electron chi connectivity index (χ1n) is 9.37. The molecule has 0 aromatic heterocycles. The number of carbonyl (C=O) groups is 2. The van der Waals surface area contributed by atoms with Gasteiger partial charge in [0.05, 0.1) is 12.0 Å². The highest BCUT2D eigenvalue weighted by Crippen LogP contribution is 2.31. The smallest absolute Gasteiger partial charge is 0.284 e. The van der Waals surface area contributed by atoms with Gasteiger partial charge in [-0.3, -0.25) is 14.5 Å². The van der Waals surface area contributed by atoms with Gasteiger partial charge in [-0.15, -0.1) is 11.0 Å². The number of carbonyl (C=O) groups excluding carboxylic acids is 2. The molecule has 32 heavy (non-hydrogen) atoms. The van der Waals surface area contributed by atoms with Crippen LogP contribution in [0.15, 0.2) is 75.0 Å². The van der Waals surface area contributed by atoms with Gasteiger partial charge in [0.15, 0.2) is 5.17 Å². The van der Waals surface area contributed by atoms with Crippen LogP contribution in [0.25, 0.3) is 0 Å². The van der Waals surface area contributed by atoms with Crippen molar-refractivity contribution in [1.29, 1.82) is 0 Å². The molecular weight excluding hydrogens is 518 g/mol. The molecule has 2 aromatic rings. The van der Waals surface area contributed by atoms with Crippen molar-refractivity contribution in [1.82, 2.24) is 4.90 Å². The maximum absolute atomic E-state index is 12.8. The molecule has 1 heterocycles. The second-order valence-electron chi connectivity index (χ2n) is 6.63. The number of rotatable bonds is 8. The van der Waals surface area contributed by atoms with Crippen molar-refractivity contribution >= 4 is 60.4 Å². The third-order valence-electron chi connectivity index (χ3n) is 4.39. The number of halogens is 1. The first-order chi connectivity index (χ1) is 15.2. The summed E-state index contributed by atoms with van der Waals surface area (Å²) in [5, 5.41) is 1.94. The number of hydrogen-bond acceptors (Lipinski definition) is 6. The zero-order valence-corrected chi connectivity index (χ0v) is 20.2. The van der Waals surface area contributed by atoms with Gasteiger partial charge >= 0.3 is 0 Å². The van der Waals surface area contributed by atoms with Gasteiger partial charge in [-0.1, -0.05) is 33.8 Å². The van der Waals surface area contributed by atoms with Crippen molar-refractivity contribution in [2.45, 2.75) is 16.6 Å². The quantitative estimate of drug-likeness (QED) is 0.515. The maximum Gasteiger partial charge on any atom is 0.284 e. The Labute approximate surface area is 198 Å². The predicted molar refractivity (Wildman–Crippen MR) is 128 cm³/mol. The molecule has 1 N–H and O–H groups in total. The summed E-state index contributed by atoms with van der Waals surface area (Å²) in [6, 6.07) is 12.8. The predicted octanol–water partition coefficient (Wildman–Crippen LogP) is 3.66. The van der Waals surface area contributed by atoms with E-state index in [4.69, 9.17) is 4.74 Å². The Balaban J connectivity index is 1.76. The monoisotopic (exact) mass is 537 g/mol. The number of amidine groups is 1. The fourth-order valence-electron chi connectivity index (χ4n) is 2.82. The SMILES string of the molecule is C=CCN1C(=O)C(CC(=O)Nc2ccc(OC)cc2)SC1=NS(=O)(=O)c1ccc(Br)cc1. The van der Waals surface area contributed by atoms with Gasteiger partial charge in [-0.05, 0) is 48.5 Å². The minimum atomic E-state index is -4.04. The molecule has 1 fully saturated rings. The number of sulfonamides is 1. The van der Waals surface area contributed by atoms with E-state index in [-0.39, 0.29) is 28.9 Å². The van der Waals surface area contributed by atoms with E-state index in [0.717, 1.165) is 16.2 Å². The summed E-state index contributed by atoms with van der Waals surface area (Å²) in [4.78, 5) is 26.5. The Morgan fingerprint density at radius 2 is 1.91 bits per heavy atom. The maximum atomic E-state index is 12.8. The number of methoxy groups -OCH3 is 1. The number of hydrogen-bond donors (Lipinski definition) is 1. The van der Waals surface area contributed by atoms with E-state index >= 15 is 0 Å². The lowest BCUT2D eigenvalue weighted by molar-refractivity contribution is -0.127. The van der Waals surface area contributed by atoms with E-state index in [1.807, 2.05) is 0 Å². The molecule has 0 aliphatic carbocycles. The zero-order chi connectivity index (χ0) is 23.3. The summed E-state index contributed by atoms with van der Waals surface area (Å²) in [7, 11) is -2.49. The van der Waals surface area contributed by atoms with Gasteiger partial charge in [0.25, 0.3) is 10.0 Å². The van der Waals surface area contributed by atoms with Crippen LogP contribution in [0, 0.1) is 0 Å².